The number of carbonyl (C=O) groups is 2. The fourth-order valence-electron chi connectivity index (χ4n) is 5.20. The standard InChI is InChI=1S/C33H32N2O6S/c1-21(2)29(32(37)38)35-42(39,40)33(19-17-24(18-20-33)23-11-6-4-7-12-23)34-31(36)30-22(3)28-26(15-10-16-27(28)41-30)25-13-8-5-9-14-25/h4-19,21,29,35H,20H2,1-3H3,(H,34,36)(H,37,38)/t29-,33?/m0/s1. The van der Waals surface area contributed by atoms with Crippen molar-refractivity contribution in [1.82, 2.24) is 10.0 Å². The van der Waals surface area contributed by atoms with Crippen molar-refractivity contribution in [2.45, 2.75) is 38.1 Å². The Kier molecular flexibility index (Phi) is 7.90. The van der Waals surface area contributed by atoms with E-state index in [0.717, 1.165) is 27.6 Å². The first kappa shape index (κ1) is 29.0. The van der Waals surface area contributed by atoms with Crippen LogP contribution in [-0.4, -0.2) is 36.3 Å². The number of furan rings is 1. The van der Waals surface area contributed by atoms with Gasteiger partial charge in [-0.05, 0) is 47.2 Å². The van der Waals surface area contributed by atoms with E-state index in [1.165, 1.54) is 6.08 Å². The Hall–Kier alpha value is -4.47. The van der Waals surface area contributed by atoms with Crippen molar-refractivity contribution in [1.29, 1.82) is 0 Å². The second-order valence-corrected chi connectivity index (χ2v) is 12.7. The second kappa shape index (κ2) is 11.4. The first-order valence-electron chi connectivity index (χ1n) is 13.6. The lowest BCUT2D eigenvalue weighted by Gasteiger charge is -2.34. The summed E-state index contributed by atoms with van der Waals surface area (Å²) in [7, 11) is -4.47. The van der Waals surface area contributed by atoms with Crippen molar-refractivity contribution in [3.05, 3.63) is 114 Å². The molecule has 0 fully saturated rings. The third-order valence-corrected chi connectivity index (χ3v) is 9.46. The maximum absolute atomic E-state index is 13.9. The molecule has 1 aliphatic rings. The topological polar surface area (TPSA) is 126 Å². The minimum atomic E-state index is -4.47. The first-order chi connectivity index (χ1) is 20.0. The van der Waals surface area contributed by atoms with E-state index in [9.17, 15) is 23.1 Å². The molecule has 8 nitrogen and oxygen atoms in total. The number of hydrogen-bond donors (Lipinski definition) is 3. The van der Waals surface area contributed by atoms with Gasteiger partial charge in [-0.25, -0.2) is 8.42 Å². The van der Waals surface area contributed by atoms with Gasteiger partial charge in [0.15, 0.2) is 10.6 Å². The molecule has 1 aromatic heterocycles. The van der Waals surface area contributed by atoms with Crippen LogP contribution in [0.1, 0.15) is 41.9 Å². The molecule has 0 bridgehead atoms. The first-order valence-corrected chi connectivity index (χ1v) is 15.1. The number of sulfonamides is 1. The van der Waals surface area contributed by atoms with Gasteiger partial charge in [-0.2, -0.15) is 4.72 Å². The summed E-state index contributed by atoms with van der Waals surface area (Å²) in [4.78, 5) is 23.8. The summed E-state index contributed by atoms with van der Waals surface area (Å²) in [6.07, 6.45) is 4.62. The zero-order valence-electron chi connectivity index (χ0n) is 23.5. The Balaban J connectivity index is 1.55. The van der Waals surface area contributed by atoms with Gasteiger partial charge in [-0.3, -0.25) is 9.59 Å². The van der Waals surface area contributed by atoms with Gasteiger partial charge < -0.3 is 14.8 Å². The molecule has 5 rings (SSSR count). The number of fused-ring (bicyclic) bond motifs is 1. The van der Waals surface area contributed by atoms with E-state index >= 15 is 0 Å². The number of carboxylic acid groups (broad SMARTS) is 1. The average molecular weight is 585 g/mol. The fraction of sp³-hybridized carbons (Fsp3) is 0.212. The maximum Gasteiger partial charge on any atom is 0.321 e. The molecular weight excluding hydrogens is 552 g/mol. The number of allylic oxidation sites excluding steroid dienone is 2. The zero-order valence-corrected chi connectivity index (χ0v) is 24.3. The quantitative estimate of drug-likeness (QED) is 0.225. The van der Waals surface area contributed by atoms with Crippen LogP contribution in [0.25, 0.3) is 27.7 Å². The Bertz CT molecular complexity index is 1810. The molecule has 0 radical (unpaired) electrons. The van der Waals surface area contributed by atoms with E-state index in [-0.39, 0.29) is 12.2 Å². The molecule has 3 N–H and O–H groups in total. The summed E-state index contributed by atoms with van der Waals surface area (Å²) in [5.41, 5.74) is 4.54. The van der Waals surface area contributed by atoms with Crippen molar-refractivity contribution in [3.8, 4) is 11.1 Å². The highest BCUT2D eigenvalue weighted by Crippen LogP contribution is 2.36. The molecule has 1 unspecified atom stereocenters. The predicted molar refractivity (Wildman–Crippen MR) is 163 cm³/mol. The number of carboxylic acids is 1. The van der Waals surface area contributed by atoms with Crippen molar-refractivity contribution in [2.75, 3.05) is 0 Å². The number of rotatable bonds is 9. The van der Waals surface area contributed by atoms with Crippen LogP contribution in [0.4, 0.5) is 0 Å². The van der Waals surface area contributed by atoms with Crippen LogP contribution in [0.2, 0.25) is 0 Å². The highest BCUT2D eigenvalue weighted by molar-refractivity contribution is 7.91. The molecule has 0 spiro atoms. The van der Waals surface area contributed by atoms with E-state index in [4.69, 9.17) is 4.42 Å². The Morgan fingerprint density at radius 2 is 1.57 bits per heavy atom. The summed E-state index contributed by atoms with van der Waals surface area (Å²) >= 11 is 0. The van der Waals surface area contributed by atoms with Crippen molar-refractivity contribution >= 4 is 38.4 Å². The SMILES string of the molecule is Cc1c(C(=O)NC2(S(=O)(=O)N[C@H](C(=O)O)C(C)C)C=CC(c3ccccc3)=CC2)oc2cccc(-c3ccccc3)c12. The highest BCUT2D eigenvalue weighted by atomic mass is 32.2. The van der Waals surface area contributed by atoms with Crippen LogP contribution in [-0.2, 0) is 14.8 Å². The van der Waals surface area contributed by atoms with E-state index in [1.54, 1.807) is 39.0 Å². The third kappa shape index (κ3) is 5.41. The molecule has 0 saturated carbocycles. The lowest BCUT2D eigenvalue weighted by atomic mass is 9.96. The second-order valence-electron chi connectivity index (χ2n) is 10.7. The number of aryl methyl sites for hydroxylation is 1. The molecule has 1 heterocycles. The van der Waals surface area contributed by atoms with Crippen LogP contribution >= 0.6 is 0 Å². The Labute approximate surface area is 244 Å². The van der Waals surface area contributed by atoms with E-state index in [1.807, 2.05) is 72.8 Å². The highest BCUT2D eigenvalue weighted by Gasteiger charge is 2.46. The Morgan fingerprint density at radius 1 is 0.929 bits per heavy atom. The summed E-state index contributed by atoms with van der Waals surface area (Å²) in [6, 6.07) is 23.3. The zero-order chi connectivity index (χ0) is 30.1. The smallest absolute Gasteiger partial charge is 0.321 e. The van der Waals surface area contributed by atoms with Gasteiger partial charge in [0.2, 0.25) is 10.0 Å². The number of nitrogens with one attached hydrogen (secondary N) is 2. The Morgan fingerprint density at radius 3 is 2.14 bits per heavy atom. The molecular formula is C33H32N2O6S. The summed E-state index contributed by atoms with van der Waals surface area (Å²) in [5.74, 6) is -2.60. The largest absolute Gasteiger partial charge is 0.480 e. The lowest BCUT2D eigenvalue weighted by Crippen LogP contribution is -2.60. The number of carbonyl (C=O) groups excluding carboxylic acids is 1. The van der Waals surface area contributed by atoms with Gasteiger partial charge in [0.05, 0.1) is 0 Å². The van der Waals surface area contributed by atoms with Gasteiger partial charge in [-0.1, -0.05) is 98.8 Å². The fourth-order valence-corrected chi connectivity index (χ4v) is 6.89. The average Bonchev–Trinajstić information content (AvgIpc) is 3.33. The number of amides is 1. The molecule has 1 aliphatic carbocycles. The van der Waals surface area contributed by atoms with Crippen LogP contribution in [0.5, 0.6) is 0 Å². The minimum absolute atomic E-state index is 0.0205. The molecule has 1 amide bonds. The summed E-state index contributed by atoms with van der Waals surface area (Å²) in [6.45, 7) is 4.98. The van der Waals surface area contributed by atoms with Gasteiger partial charge in [-0.15, -0.1) is 0 Å². The van der Waals surface area contributed by atoms with Gasteiger partial charge >= 0.3 is 5.97 Å². The van der Waals surface area contributed by atoms with Crippen LogP contribution in [0.3, 0.4) is 0 Å². The van der Waals surface area contributed by atoms with Crippen molar-refractivity contribution < 1.29 is 27.5 Å². The van der Waals surface area contributed by atoms with Crippen molar-refractivity contribution in [3.63, 3.8) is 0 Å². The molecule has 2 atom stereocenters. The van der Waals surface area contributed by atoms with Crippen LogP contribution < -0.4 is 10.0 Å². The van der Waals surface area contributed by atoms with Crippen LogP contribution in [0, 0.1) is 12.8 Å². The number of hydrogen-bond acceptors (Lipinski definition) is 5. The molecule has 0 saturated heterocycles. The monoisotopic (exact) mass is 584 g/mol. The van der Waals surface area contributed by atoms with Gasteiger partial charge in [0, 0.05) is 17.4 Å². The summed E-state index contributed by atoms with van der Waals surface area (Å²) in [5, 5.41) is 13.2. The normalized spacial score (nSPS) is 17.7. The van der Waals surface area contributed by atoms with E-state index in [0.29, 0.717) is 11.1 Å². The molecule has 42 heavy (non-hydrogen) atoms. The molecule has 0 aliphatic heterocycles. The van der Waals surface area contributed by atoms with Crippen LogP contribution in [0.15, 0.2) is 102 Å². The van der Waals surface area contributed by atoms with Gasteiger partial charge in [0.1, 0.15) is 11.6 Å². The molecule has 3 aromatic carbocycles. The number of aliphatic carboxylic acids is 1. The van der Waals surface area contributed by atoms with Crippen molar-refractivity contribution in [2.24, 2.45) is 5.92 Å². The van der Waals surface area contributed by atoms with Gasteiger partial charge in [0.25, 0.3) is 5.91 Å². The molecule has 4 aromatic rings. The summed E-state index contributed by atoms with van der Waals surface area (Å²) < 4.78 is 36.2. The molecule has 216 valence electrons. The predicted octanol–water partition coefficient (Wildman–Crippen LogP) is 5.91. The maximum atomic E-state index is 13.9. The number of benzene rings is 3. The minimum Gasteiger partial charge on any atom is -0.480 e. The van der Waals surface area contributed by atoms with E-state index < -0.39 is 38.7 Å². The third-order valence-electron chi connectivity index (χ3n) is 7.53. The lowest BCUT2D eigenvalue weighted by molar-refractivity contribution is -0.140. The molecule has 9 heteroatoms. The van der Waals surface area contributed by atoms with E-state index in [2.05, 4.69) is 10.0 Å².